The zero-order valence-electron chi connectivity index (χ0n) is 7.06. The molecule has 1 nitrogen and oxygen atoms in total. The van der Waals surface area contributed by atoms with E-state index in [2.05, 4.69) is 18.9 Å². The monoisotopic (exact) mass is 139 g/mol. The number of nitrogens with zero attached hydrogens (tertiary/aromatic N) is 1. The Hall–Kier alpha value is -0.0400. The molecular weight excluding hydrogens is 122 g/mol. The molecule has 0 amide bonds. The van der Waals surface area contributed by atoms with Gasteiger partial charge in [-0.15, -0.1) is 0 Å². The predicted molar refractivity (Wildman–Crippen MR) is 43.0 cm³/mol. The Kier molecular flexibility index (Phi) is 1.31. The third-order valence-electron chi connectivity index (χ3n) is 3.42. The number of hydrogen-bond donors (Lipinski definition) is 0. The van der Waals surface area contributed by atoms with Crippen molar-refractivity contribution in [1.29, 1.82) is 0 Å². The van der Waals surface area contributed by atoms with Crippen LogP contribution in [0.5, 0.6) is 0 Å². The Balaban J connectivity index is 1.79. The molecule has 0 unspecified atom stereocenters. The van der Waals surface area contributed by atoms with Crippen molar-refractivity contribution in [1.82, 2.24) is 4.90 Å². The molecule has 2 rings (SSSR count). The molecule has 1 spiro atoms. The lowest BCUT2D eigenvalue weighted by molar-refractivity contribution is 0.0904. The average Bonchev–Trinajstić information content (AvgIpc) is 2.61. The van der Waals surface area contributed by atoms with Crippen LogP contribution in [-0.4, -0.2) is 24.5 Å². The van der Waals surface area contributed by atoms with E-state index < -0.39 is 0 Å². The average molecular weight is 139 g/mol. The summed E-state index contributed by atoms with van der Waals surface area (Å²) in [4.78, 5) is 2.49. The Morgan fingerprint density at radius 1 is 1.40 bits per heavy atom. The molecule has 10 heavy (non-hydrogen) atoms. The second-order valence-corrected chi connectivity index (χ2v) is 4.14. The molecule has 0 aromatic carbocycles. The van der Waals surface area contributed by atoms with Crippen LogP contribution in [0.25, 0.3) is 0 Å². The molecule has 0 heterocycles. The van der Waals surface area contributed by atoms with Crippen molar-refractivity contribution in [2.24, 2.45) is 5.41 Å². The predicted octanol–water partition coefficient (Wildman–Crippen LogP) is 1.88. The highest BCUT2D eigenvalue weighted by atomic mass is 15.1. The van der Waals surface area contributed by atoms with Crippen molar-refractivity contribution in [2.75, 3.05) is 13.6 Å². The van der Waals surface area contributed by atoms with Crippen molar-refractivity contribution < 1.29 is 0 Å². The van der Waals surface area contributed by atoms with Crippen molar-refractivity contribution in [3.63, 3.8) is 0 Å². The van der Waals surface area contributed by atoms with Gasteiger partial charge in [0.25, 0.3) is 0 Å². The first-order valence-corrected chi connectivity index (χ1v) is 4.46. The highest BCUT2D eigenvalue weighted by Gasteiger charge is 2.53. The van der Waals surface area contributed by atoms with Crippen molar-refractivity contribution in [3.8, 4) is 0 Å². The third-order valence-corrected chi connectivity index (χ3v) is 3.42. The molecular formula is C9H17N. The summed E-state index contributed by atoms with van der Waals surface area (Å²) in [5.41, 5.74) is 0.883. The molecule has 0 saturated heterocycles. The molecule has 0 radical (unpaired) electrons. The van der Waals surface area contributed by atoms with E-state index in [4.69, 9.17) is 0 Å². The molecule has 0 aliphatic heterocycles. The molecule has 2 saturated carbocycles. The quantitative estimate of drug-likeness (QED) is 0.564. The van der Waals surface area contributed by atoms with Gasteiger partial charge in [-0.3, -0.25) is 0 Å². The zero-order chi connectivity index (χ0) is 7.19. The van der Waals surface area contributed by atoms with Crippen LogP contribution in [0.1, 0.15) is 32.6 Å². The van der Waals surface area contributed by atoms with E-state index in [1.54, 1.807) is 0 Å². The lowest BCUT2D eigenvalue weighted by Crippen LogP contribution is -2.43. The van der Waals surface area contributed by atoms with Crippen LogP contribution in [0.4, 0.5) is 0 Å². The third kappa shape index (κ3) is 0.878. The van der Waals surface area contributed by atoms with Gasteiger partial charge in [-0.2, -0.15) is 0 Å². The zero-order valence-corrected chi connectivity index (χ0v) is 7.06. The van der Waals surface area contributed by atoms with Gasteiger partial charge in [-0.05, 0) is 44.7 Å². The second-order valence-electron chi connectivity index (χ2n) is 4.14. The van der Waals surface area contributed by atoms with Gasteiger partial charge in [-0.1, -0.05) is 6.92 Å². The van der Waals surface area contributed by atoms with E-state index in [-0.39, 0.29) is 0 Å². The van der Waals surface area contributed by atoms with Gasteiger partial charge >= 0.3 is 0 Å². The molecule has 2 fully saturated rings. The molecule has 2 aliphatic rings. The largest absolute Gasteiger partial charge is 0.304 e. The minimum atomic E-state index is 0.883. The first-order valence-electron chi connectivity index (χ1n) is 4.46. The SMILES string of the molecule is CCN(C)C1CC2(CC2)C1. The van der Waals surface area contributed by atoms with Gasteiger partial charge in [0.2, 0.25) is 0 Å². The molecule has 58 valence electrons. The fourth-order valence-corrected chi connectivity index (χ4v) is 2.09. The van der Waals surface area contributed by atoms with Gasteiger partial charge in [0.15, 0.2) is 0 Å². The van der Waals surface area contributed by atoms with E-state index in [0.29, 0.717) is 0 Å². The van der Waals surface area contributed by atoms with E-state index >= 15 is 0 Å². The Morgan fingerprint density at radius 3 is 2.40 bits per heavy atom. The maximum absolute atomic E-state index is 2.49. The first kappa shape index (κ1) is 6.66. The van der Waals surface area contributed by atoms with Gasteiger partial charge in [-0.25, -0.2) is 0 Å². The maximum Gasteiger partial charge on any atom is 0.0103 e. The van der Waals surface area contributed by atoms with Gasteiger partial charge < -0.3 is 4.90 Å². The van der Waals surface area contributed by atoms with Crippen LogP contribution < -0.4 is 0 Å². The molecule has 2 aliphatic carbocycles. The fourth-order valence-electron chi connectivity index (χ4n) is 2.09. The standard InChI is InChI=1S/C9H17N/c1-3-10(2)8-6-9(7-8)4-5-9/h8H,3-7H2,1-2H3. The van der Waals surface area contributed by atoms with Crippen LogP contribution in [0, 0.1) is 5.41 Å². The van der Waals surface area contributed by atoms with E-state index in [1.807, 2.05) is 0 Å². The van der Waals surface area contributed by atoms with E-state index in [9.17, 15) is 0 Å². The summed E-state index contributed by atoms with van der Waals surface area (Å²) in [5, 5.41) is 0. The maximum atomic E-state index is 2.49. The second kappa shape index (κ2) is 1.97. The summed E-state index contributed by atoms with van der Waals surface area (Å²) in [5.74, 6) is 0. The lowest BCUT2D eigenvalue weighted by atomic mass is 9.76. The summed E-state index contributed by atoms with van der Waals surface area (Å²) in [6.45, 7) is 3.47. The van der Waals surface area contributed by atoms with Crippen LogP contribution in [0.2, 0.25) is 0 Å². The minimum absolute atomic E-state index is 0.883. The van der Waals surface area contributed by atoms with Crippen molar-refractivity contribution in [2.45, 2.75) is 38.6 Å². The molecule has 0 bridgehead atoms. The lowest BCUT2D eigenvalue weighted by Gasteiger charge is -2.41. The normalized spacial score (nSPS) is 29.1. The number of hydrogen-bond acceptors (Lipinski definition) is 1. The fraction of sp³-hybridized carbons (Fsp3) is 1.00. The Bertz CT molecular complexity index is 130. The Morgan fingerprint density at radius 2 is 2.00 bits per heavy atom. The Labute approximate surface area is 63.4 Å². The highest BCUT2D eigenvalue weighted by molar-refractivity contribution is 5.06. The summed E-state index contributed by atoms with van der Waals surface area (Å²) in [6, 6.07) is 0.937. The topological polar surface area (TPSA) is 3.24 Å². The summed E-state index contributed by atoms with van der Waals surface area (Å²) < 4.78 is 0. The van der Waals surface area contributed by atoms with Crippen molar-refractivity contribution in [3.05, 3.63) is 0 Å². The molecule has 1 heteroatoms. The first-order chi connectivity index (χ1) is 4.76. The summed E-state index contributed by atoms with van der Waals surface area (Å²) >= 11 is 0. The highest BCUT2D eigenvalue weighted by Crippen LogP contribution is 2.61. The smallest absolute Gasteiger partial charge is 0.0103 e. The number of rotatable bonds is 2. The minimum Gasteiger partial charge on any atom is -0.304 e. The molecule has 0 aromatic heterocycles. The van der Waals surface area contributed by atoms with Crippen LogP contribution in [0.15, 0.2) is 0 Å². The van der Waals surface area contributed by atoms with Crippen LogP contribution >= 0.6 is 0 Å². The molecule has 0 aromatic rings. The summed E-state index contributed by atoms with van der Waals surface area (Å²) in [6.07, 6.45) is 6.05. The summed E-state index contributed by atoms with van der Waals surface area (Å²) in [7, 11) is 2.25. The van der Waals surface area contributed by atoms with Crippen LogP contribution in [-0.2, 0) is 0 Å². The van der Waals surface area contributed by atoms with Gasteiger partial charge in [0.1, 0.15) is 0 Å². The molecule has 0 N–H and O–H groups in total. The van der Waals surface area contributed by atoms with Crippen molar-refractivity contribution >= 4 is 0 Å². The van der Waals surface area contributed by atoms with E-state index in [1.165, 1.54) is 32.2 Å². The molecule has 0 atom stereocenters. The van der Waals surface area contributed by atoms with Gasteiger partial charge in [0, 0.05) is 6.04 Å². The van der Waals surface area contributed by atoms with Gasteiger partial charge in [0.05, 0.1) is 0 Å². The van der Waals surface area contributed by atoms with Crippen LogP contribution in [0.3, 0.4) is 0 Å². The van der Waals surface area contributed by atoms with E-state index in [0.717, 1.165) is 11.5 Å².